The van der Waals surface area contributed by atoms with Crippen molar-refractivity contribution < 1.29 is 21.6 Å². The SMILES string of the molecule is Cc1nc2c(Nc3ccc(-c4cc(C)n(C)n4)cc3S(C)(=O)=O)cc(Nc3cccc(C(F)(F)F)n3)nc2[nH]1. The Morgan fingerprint density at radius 3 is 2.36 bits per heavy atom. The summed E-state index contributed by atoms with van der Waals surface area (Å²) in [4.78, 5) is 15.5. The zero-order valence-corrected chi connectivity index (χ0v) is 22.0. The van der Waals surface area contributed by atoms with E-state index in [0.29, 0.717) is 33.9 Å². The van der Waals surface area contributed by atoms with Crippen LogP contribution in [-0.4, -0.2) is 44.4 Å². The Morgan fingerprint density at radius 1 is 0.923 bits per heavy atom. The highest BCUT2D eigenvalue weighted by atomic mass is 32.2. The van der Waals surface area contributed by atoms with Crippen molar-refractivity contribution in [3.8, 4) is 11.3 Å². The van der Waals surface area contributed by atoms with Crippen molar-refractivity contribution in [2.75, 3.05) is 16.9 Å². The monoisotopic (exact) mass is 556 g/mol. The number of hydrogen-bond acceptors (Lipinski definition) is 8. The molecule has 0 bridgehead atoms. The number of aromatic amines is 1. The largest absolute Gasteiger partial charge is 0.433 e. The van der Waals surface area contributed by atoms with Gasteiger partial charge in [0.25, 0.3) is 0 Å². The number of alkyl halides is 3. The van der Waals surface area contributed by atoms with E-state index in [2.05, 4.69) is 35.7 Å². The molecule has 14 heteroatoms. The molecule has 39 heavy (non-hydrogen) atoms. The second-order valence-corrected chi connectivity index (χ2v) is 11.0. The third-order valence-electron chi connectivity index (χ3n) is 5.93. The van der Waals surface area contributed by atoms with Crippen LogP contribution in [0, 0.1) is 13.8 Å². The number of H-pyrrole nitrogens is 1. The van der Waals surface area contributed by atoms with Gasteiger partial charge in [-0.15, -0.1) is 0 Å². The Hall–Kier alpha value is -4.46. The molecule has 0 amide bonds. The van der Waals surface area contributed by atoms with Crippen molar-refractivity contribution in [2.45, 2.75) is 24.9 Å². The van der Waals surface area contributed by atoms with E-state index < -0.39 is 21.7 Å². The summed E-state index contributed by atoms with van der Waals surface area (Å²) in [5.41, 5.74) is 2.53. The van der Waals surface area contributed by atoms with Gasteiger partial charge in [-0.1, -0.05) is 12.1 Å². The van der Waals surface area contributed by atoms with E-state index >= 15 is 0 Å². The molecule has 0 saturated heterocycles. The maximum absolute atomic E-state index is 13.1. The number of anilines is 4. The topological polar surface area (TPSA) is 130 Å². The minimum Gasteiger partial charge on any atom is -0.352 e. The lowest BCUT2D eigenvalue weighted by Gasteiger charge is -2.14. The summed E-state index contributed by atoms with van der Waals surface area (Å²) < 4.78 is 66.6. The van der Waals surface area contributed by atoms with Crippen LogP contribution in [0.1, 0.15) is 17.2 Å². The number of aromatic nitrogens is 6. The number of pyridine rings is 2. The van der Waals surface area contributed by atoms with Gasteiger partial charge in [0.1, 0.15) is 28.7 Å². The van der Waals surface area contributed by atoms with Crippen LogP contribution in [0.4, 0.5) is 36.2 Å². The summed E-state index contributed by atoms with van der Waals surface area (Å²) in [7, 11) is -1.89. The molecule has 4 aromatic heterocycles. The number of rotatable bonds is 6. The Balaban J connectivity index is 1.57. The normalized spacial score (nSPS) is 12.2. The molecule has 1 aromatic carbocycles. The number of nitrogens with one attached hydrogen (secondary N) is 3. The number of aryl methyl sites for hydroxylation is 3. The molecule has 202 valence electrons. The molecular weight excluding hydrogens is 533 g/mol. The van der Waals surface area contributed by atoms with Gasteiger partial charge in [0.05, 0.1) is 22.0 Å². The Labute approximate surface area is 221 Å². The number of imidazole rings is 1. The molecule has 5 rings (SSSR count). The first-order valence-corrected chi connectivity index (χ1v) is 13.5. The first-order valence-electron chi connectivity index (χ1n) is 11.6. The minimum atomic E-state index is -4.61. The predicted molar refractivity (Wildman–Crippen MR) is 141 cm³/mol. The Kier molecular flexibility index (Phi) is 6.29. The van der Waals surface area contributed by atoms with Gasteiger partial charge in [-0.25, -0.2) is 23.4 Å². The van der Waals surface area contributed by atoms with Crippen molar-refractivity contribution in [2.24, 2.45) is 7.05 Å². The van der Waals surface area contributed by atoms with Gasteiger partial charge >= 0.3 is 6.18 Å². The van der Waals surface area contributed by atoms with Crippen LogP contribution in [-0.2, 0) is 23.1 Å². The average Bonchev–Trinajstić information content (AvgIpc) is 3.39. The second-order valence-electron chi connectivity index (χ2n) is 9.01. The first kappa shape index (κ1) is 26.2. The number of benzene rings is 1. The van der Waals surface area contributed by atoms with E-state index in [4.69, 9.17) is 0 Å². The van der Waals surface area contributed by atoms with E-state index in [9.17, 15) is 21.6 Å². The Morgan fingerprint density at radius 2 is 1.69 bits per heavy atom. The molecule has 4 heterocycles. The maximum atomic E-state index is 13.1. The van der Waals surface area contributed by atoms with Crippen molar-refractivity contribution in [3.63, 3.8) is 0 Å². The highest BCUT2D eigenvalue weighted by molar-refractivity contribution is 7.90. The first-order chi connectivity index (χ1) is 18.3. The molecule has 3 N–H and O–H groups in total. The number of nitrogens with zero attached hydrogens (tertiary/aromatic N) is 5. The molecule has 0 unspecified atom stereocenters. The smallest absolute Gasteiger partial charge is 0.352 e. The molecule has 0 aliphatic heterocycles. The predicted octanol–water partition coefficient (Wildman–Crippen LogP) is 5.28. The van der Waals surface area contributed by atoms with Gasteiger partial charge in [-0.05, 0) is 44.2 Å². The lowest BCUT2D eigenvalue weighted by Crippen LogP contribution is -2.09. The third-order valence-corrected chi connectivity index (χ3v) is 7.06. The molecular formula is C25H23F3N8O2S. The van der Waals surface area contributed by atoms with Crippen LogP contribution in [0.2, 0.25) is 0 Å². The van der Waals surface area contributed by atoms with Gasteiger partial charge in [0, 0.05) is 30.6 Å². The minimum absolute atomic E-state index is 0.0366. The summed E-state index contributed by atoms with van der Waals surface area (Å²) in [5, 5.41) is 10.3. The highest BCUT2D eigenvalue weighted by Crippen LogP contribution is 2.34. The van der Waals surface area contributed by atoms with Crippen molar-refractivity contribution in [1.29, 1.82) is 0 Å². The molecule has 10 nitrogen and oxygen atoms in total. The molecule has 0 spiro atoms. The second kappa shape index (κ2) is 9.38. The molecule has 0 saturated carbocycles. The van der Waals surface area contributed by atoms with Gasteiger partial charge < -0.3 is 15.6 Å². The van der Waals surface area contributed by atoms with Gasteiger partial charge in [0.15, 0.2) is 15.5 Å². The van der Waals surface area contributed by atoms with Crippen LogP contribution >= 0.6 is 0 Å². The van der Waals surface area contributed by atoms with Crippen LogP contribution in [0.5, 0.6) is 0 Å². The molecule has 5 aromatic rings. The molecule has 0 fully saturated rings. The summed E-state index contributed by atoms with van der Waals surface area (Å²) in [6.45, 7) is 3.61. The zero-order chi connectivity index (χ0) is 28.1. The molecule has 0 radical (unpaired) electrons. The van der Waals surface area contributed by atoms with Gasteiger partial charge in [-0.3, -0.25) is 4.68 Å². The van der Waals surface area contributed by atoms with E-state index in [-0.39, 0.29) is 22.2 Å². The fourth-order valence-corrected chi connectivity index (χ4v) is 4.86. The lowest BCUT2D eigenvalue weighted by atomic mass is 10.1. The van der Waals surface area contributed by atoms with E-state index in [1.54, 1.807) is 36.9 Å². The summed E-state index contributed by atoms with van der Waals surface area (Å²) in [5.74, 6) is 0.645. The fourth-order valence-electron chi connectivity index (χ4n) is 4.00. The average molecular weight is 557 g/mol. The number of sulfone groups is 1. The molecule has 0 aliphatic rings. The van der Waals surface area contributed by atoms with Crippen LogP contribution in [0.3, 0.4) is 0 Å². The molecule has 0 aliphatic carbocycles. The number of halogens is 3. The van der Waals surface area contributed by atoms with Crippen LogP contribution in [0.15, 0.2) is 53.4 Å². The quantitative estimate of drug-likeness (QED) is 0.258. The van der Waals surface area contributed by atoms with Crippen molar-refractivity contribution in [1.82, 2.24) is 29.7 Å². The number of fused-ring (bicyclic) bond motifs is 1. The maximum Gasteiger partial charge on any atom is 0.433 e. The summed E-state index contributed by atoms with van der Waals surface area (Å²) in [6, 6.07) is 11.8. The summed E-state index contributed by atoms with van der Waals surface area (Å²) >= 11 is 0. The fraction of sp³-hybridized carbons (Fsp3) is 0.200. The molecule has 0 atom stereocenters. The van der Waals surface area contributed by atoms with E-state index in [1.165, 1.54) is 18.2 Å². The van der Waals surface area contributed by atoms with Crippen LogP contribution in [0.25, 0.3) is 22.4 Å². The zero-order valence-electron chi connectivity index (χ0n) is 21.2. The van der Waals surface area contributed by atoms with Crippen molar-refractivity contribution >= 4 is 44.0 Å². The standard InChI is InChI=1S/C25H23F3N8O2S/c1-13-10-17(35-36(13)3)15-8-9-16(19(11-15)39(4,37)38)31-18-12-22(34-24-23(18)29-14(2)30-24)33-21-7-5-6-20(32-21)25(26,27)28/h5-12H,1-4H3,(H3,29,30,31,32,33,34). The third kappa shape index (κ3) is 5.41. The van der Waals surface area contributed by atoms with E-state index in [0.717, 1.165) is 18.0 Å². The lowest BCUT2D eigenvalue weighted by molar-refractivity contribution is -0.141. The highest BCUT2D eigenvalue weighted by Gasteiger charge is 2.32. The number of hydrogen-bond donors (Lipinski definition) is 3. The van der Waals surface area contributed by atoms with Gasteiger partial charge in [0.2, 0.25) is 0 Å². The summed E-state index contributed by atoms with van der Waals surface area (Å²) in [6.07, 6.45) is -3.50. The van der Waals surface area contributed by atoms with Gasteiger partial charge in [-0.2, -0.15) is 18.3 Å². The van der Waals surface area contributed by atoms with Crippen molar-refractivity contribution in [3.05, 3.63) is 65.7 Å². The van der Waals surface area contributed by atoms with Crippen LogP contribution < -0.4 is 10.6 Å². The van der Waals surface area contributed by atoms with E-state index in [1.807, 2.05) is 13.0 Å². The Bertz CT molecular complexity index is 1810.